The summed E-state index contributed by atoms with van der Waals surface area (Å²) in [5, 5.41) is 0. The zero-order chi connectivity index (χ0) is 28.9. The highest BCUT2D eigenvalue weighted by Gasteiger charge is 2.24. The summed E-state index contributed by atoms with van der Waals surface area (Å²) in [5.41, 5.74) is 5.03. The monoisotopic (exact) mass is 487 g/mol. The van der Waals surface area contributed by atoms with Crippen molar-refractivity contribution >= 4 is 5.57 Å². The molecule has 1 atom stereocenters. The predicted molar refractivity (Wildman–Crippen MR) is 169 cm³/mol. The first kappa shape index (κ1) is 40.6. The molecule has 35 heavy (non-hydrogen) atoms. The van der Waals surface area contributed by atoms with Crippen LogP contribution >= 0.6 is 0 Å². The fourth-order valence-corrected chi connectivity index (χ4v) is 2.45. The fraction of sp³-hybridized carbons (Fsp3) is 0.657. The van der Waals surface area contributed by atoms with Crippen molar-refractivity contribution in [3.05, 3.63) is 66.3 Å². The van der Waals surface area contributed by atoms with Crippen LogP contribution in [0.5, 0.6) is 0 Å². The summed E-state index contributed by atoms with van der Waals surface area (Å²) in [6.45, 7) is 41.1. The first-order valence-electron chi connectivity index (χ1n) is 14.0. The molecule has 0 fully saturated rings. The molecular formula is C35H66. The number of hydrogen-bond donors (Lipinski definition) is 0. The molecule has 0 aliphatic carbocycles. The van der Waals surface area contributed by atoms with Crippen LogP contribution in [0.2, 0.25) is 0 Å². The minimum absolute atomic E-state index is 0.466. The highest BCUT2D eigenvalue weighted by molar-refractivity contribution is 5.74. The summed E-state index contributed by atoms with van der Waals surface area (Å²) >= 11 is 0. The highest BCUT2D eigenvalue weighted by Crippen LogP contribution is 2.35. The molecule has 0 nitrogen and oxygen atoms in total. The smallest absolute Gasteiger partial charge is 0.0187 e. The Morgan fingerprint density at radius 1 is 0.800 bits per heavy atom. The van der Waals surface area contributed by atoms with Gasteiger partial charge in [0.05, 0.1) is 0 Å². The van der Waals surface area contributed by atoms with E-state index in [2.05, 4.69) is 107 Å². The number of allylic oxidation sites excluding steroid dienone is 5. The van der Waals surface area contributed by atoms with Crippen molar-refractivity contribution in [1.29, 1.82) is 0 Å². The van der Waals surface area contributed by atoms with E-state index in [1.807, 2.05) is 65.8 Å². The minimum atomic E-state index is 0.466. The van der Waals surface area contributed by atoms with Crippen LogP contribution < -0.4 is 0 Å². The molecule has 0 aromatic heterocycles. The Bertz CT molecular complexity index is 649. The van der Waals surface area contributed by atoms with E-state index in [1.54, 1.807) is 0 Å². The molecule has 0 aliphatic rings. The molecule has 206 valence electrons. The zero-order valence-electron chi connectivity index (χ0n) is 27.3. The van der Waals surface area contributed by atoms with Gasteiger partial charge in [-0.3, -0.25) is 0 Å². The second-order valence-electron chi connectivity index (χ2n) is 12.2. The Hall–Kier alpha value is -1.56. The molecule has 0 saturated heterocycles. The number of hydrogen-bond acceptors (Lipinski definition) is 0. The van der Waals surface area contributed by atoms with Crippen LogP contribution in [0.4, 0.5) is 0 Å². The number of benzene rings is 1. The first-order chi connectivity index (χ1) is 15.9. The molecule has 1 aromatic carbocycles. The molecule has 1 rings (SSSR count). The Morgan fingerprint density at radius 3 is 1.43 bits per heavy atom. The van der Waals surface area contributed by atoms with E-state index in [9.17, 15) is 0 Å². The van der Waals surface area contributed by atoms with Crippen molar-refractivity contribution in [3.8, 4) is 0 Å². The molecule has 0 heterocycles. The molecule has 0 heteroatoms. The van der Waals surface area contributed by atoms with Crippen molar-refractivity contribution in [2.24, 2.45) is 22.2 Å². The van der Waals surface area contributed by atoms with Crippen LogP contribution in [0.25, 0.3) is 5.57 Å². The van der Waals surface area contributed by atoms with Crippen molar-refractivity contribution < 1.29 is 0 Å². The molecule has 0 spiro atoms. The Kier molecular flexibility index (Phi) is 25.2. The van der Waals surface area contributed by atoms with Crippen LogP contribution in [0, 0.1) is 22.2 Å². The van der Waals surface area contributed by atoms with E-state index in [1.165, 1.54) is 24.0 Å². The molecule has 0 amide bonds. The lowest BCUT2D eigenvalue weighted by Crippen LogP contribution is -2.22. The average Bonchev–Trinajstić information content (AvgIpc) is 2.76. The van der Waals surface area contributed by atoms with Gasteiger partial charge in [0.15, 0.2) is 0 Å². The van der Waals surface area contributed by atoms with Crippen LogP contribution in [0.15, 0.2) is 60.7 Å². The summed E-state index contributed by atoms with van der Waals surface area (Å²) < 4.78 is 0. The van der Waals surface area contributed by atoms with E-state index < -0.39 is 0 Å². The molecule has 0 radical (unpaired) electrons. The van der Waals surface area contributed by atoms with E-state index in [-0.39, 0.29) is 0 Å². The Labute approximate surface area is 224 Å². The molecule has 1 unspecified atom stereocenters. The van der Waals surface area contributed by atoms with Gasteiger partial charge in [-0.25, -0.2) is 0 Å². The van der Waals surface area contributed by atoms with Gasteiger partial charge in [-0.1, -0.05) is 171 Å². The molecule has 0 bridgehead atoms. The van der Waals surface area contributed by atoms with Crippen molar-refractivity contribution in [2.45, 2.75) is 131 Å². The van der Waals surface area contributed by atoms with Crippen molar-refractivity contribution in [1.82, 2.24) is 0 Å². The topological polar surface area (TPSA) is 0 Å². The normalized spacial score (nSPS) is 12.4. The maximum absolute atomic E-state index is 3.84. The van der Waals surface area contributed by atoms with Gasteiger partial charge in [0, 0.05) is 0 Å². The zero-order valence-corrected chi connectivity index (χ0v) is 27.3. The van der Waals surface area contributed by atoms with Gasteiger partial charge in [0.25, 0.3) is 0 Å². The van der Waals surface area contributed by atoms with Gasteiger partial charge in [0.2, 0.25) is 0 Å². The van der Waals surface area contributed by atoms with Gasteiger partial charge >= 0.3 is 0 Å². The summed E-state index contributed by atoms with van der Waals surface area (Å²) in [7, 11) is 0. The molecular weight excluding hydrogens is 420 g/mol. The second kappa shape index (κ2) is 21.7. The third-order valence-corrected chi connectivity index (χ3v) is 5.42. The lowest BCUT2D eigenvalue weighted by atomic mass is 9.73. The van der Waals surface area contributed by atoms with Crippen LogP contribution in [0.1, 0.15) is 136 Å². The molecule has 0 aliphatic heterocycles. The number of rotatable bonds is 4. The van der Waals surface area contributed by atoms with Gasteiger partial charge in [0.1, 0.15) is 0 Å². The summed E-state index contributed by atoms with van der Waals surface area (Å²) in [5.74, 6) is 0.808. The fourth-order valence-electron chi connectivity index (χ4n) is 2.45. The molecule has 0 N–H and O–H groups in total. The minimum Gasteiger partial charge on any atom is -0.0961 e. The van der Waals surface area contributed by atoms with Gasteiger partial charge < -0.3 is 0 Å². The third-order valence-electron chi connectivity index (χ3n) is 5.42. The van der Waals surface area contributed by atoms with E-state index >= 15 is 0 Å². The molecule has 0 saturated carbocycles. The van der Waals surface area contributed by atoms with Gasteiger partial charge in [-0.05, 0) is 53.6 Å². The Morgan fingerprint density at radius 2 is 1.20 bits per heavy atom. The second-order valence-corrected chi connectivity index (χ2v) is 12.2. The largest absolute Gasteiger partial charge is 0.0961 e. The van der Waals surface area contributed by atoms with E-state index in [0.717, 1.165) is 11.5 Å². The SMILES string of the molecule is C=C(C)/C=C\C(=C/C)c1ccccc1.CC.CC.CC(CC(C)(C)C)C(C)(C)C.CCC(C)(C)C. The van der Waals surface area contributed by atoms with Gasteiger partial charge in [-0.2, -0.15) is 0 Å². The lowest BCUT2D eigenvalue weighted by molar-refractivity contribution is 0.182. The van der Waals surface area contributed by atoms with Crippen LogP contribution in [0.3, 0.4) is 0 Å². The van der Waals surface area contributed by atoms with E-state index in [0.29, 0.717) is 16.2 Å². The third kappa shape index (κ3) is 30.4. The highest BCUT2D eigenvalue weighted by atomic mass is 14.3. The average molecular weight is 487 g/mol. The summed E-state index contributed by atoms with van der Waals surface area (Å²) in [6.07, 6.45) is 8.82. The van der Waals surface area contributed by atoms with Gasteiger partial charge in [-0.15, -0.1) is 0 Å². The maximum Gasteiger partial charge on any atom is -0.0187 e. The van der Waals surface area contributed by atoms with E-state index in [4.69, 9.17) is 0 Å². The summed E-state index contributed by atoms with van der Waals surface area (Å²) in [6, 6.07) is 10.3. The summed E-state index contributed by atoms with van der Waals surface area (Å²) in [4.78, 5) is 0. The quantitative estimate of drug-likeness (QED) is 0.371. The van der Waals surface area contributed by atoms with Crippen LogP contribution in [-0.4, -0.2) is 0 Å². The van der Waals surface area contributed by atoms with Crippen molar-refractivity contribution in [2.75, 3.05) is 0 Å². The standard InChI is InChI=1S/C14H16.C11H24.C6H14.2C2H6/c1-4-13(11-10-12(2)3)14-8-6-5-7-9-14;1-9(11(5,6)7)8-10(2,3)4;1-5-6(2,3)4;2*1-2/h4-11H,2H2,1,3H3;9H,8H2,1-7H3;5H2,1-4H3;2*1-2H3/b11-10-,13-4+;;;;. The lowest BCUT2D eigenvalue weighted by Gasteiger charge is -2.32. The first-order valence-corrected chi connectivity index (χ1v) is 14.0. The van der Waals surface area contributed by atoms with Crippen LogP contribution in [-0.2, 0) is 0 Å². The Balaban J connectivity index is -0.000000204. The maximum atomic E-state index is 3.84. The predicted octanol–water partition coefficient (Wildman–Crippen LogP) is 12.8. The molecule has 1 aromatic rings. The van der Waals surface area contributed by atoms with Crippen molar-refractivity contribution in [3.63, 3.8) is 0 Å².